The summed E-state index contributed by atoms with van der Waals surface area (Å²) in [7, 11) is -3.91. The van der Waals surface area contributed by atoms with Crippen molar-refractivity contribution in [3.05, 3.63) is 53.6 Å². The molecule has 1 fully saturated rings. The van der Waals surface area contributed by atoms with Crippen molar-refractivity contribution in [2.24, 2.45) is 0 Å². The number of hydrogen-bond acceptors (Lipinski definition) is 4. The largest absolute Gasteiger partial charge is 0.379 e. The van der Waals surface area contributed by atoms with E-state index in [9.17, 15) is 13.2 Å². The van der Waals surface area contributed by atoms with Crippen LogP contribution < -0.4 is 9.08 Å². The molecule has 0 spiro atoms. The summed E-state index contributed by atoms with van der Waals surface area (Å²) in [5.74, 6) is 0.266. The number of rotatable bonds is 4. The Morgan fingerprint density at radius 3 is 2.22 bits per heavy atom. The van der Waals surface area contributed by atoms with Gasteiger partial charge in [-0.1, -0.05) is 11.6 Å². The Hall–Kier alpha value is -2.05. The van der Waals surface area contributed by atoms with Gasteiger partial charge < -0.3 is 9.08 Å². The molecule has 0 radical (unpaired) electrons. The van der Waals surface area contributed by atoms with Gasteiger partial charge in [0.15, 0.2) is 0 Å². The second kappa shape index (κ2) is 6.22. The second-order valence-corrected chi connectivity index (χ2v) is 7.12. The van der Waals surface area contributed by atoms with E-state index < -0.39 is 10.1 Å². The highest BCUT2D eigenvalue weighted by atomic mass is 35.5. The molecule has 0 unspecified atom stereocenters. The maximum atomic E-state index is 12.2. The number of amides is 1. The first-order valence-corrected chi connectivity index (χ1v) is 8.85. The summed E-state index contributed by atoms with van der Waals surface area (Å²) >= 11 is 5.75. The van der Waals surface area contributed by atoms with Gasteiger partial charge in [0.05, 0.1) is 0 Å². The minimum atomic E-state index is -3.91. The molecule has 1 heterocycles. The summed E-state index contributed by atoms with van der Waals surface area (Å²) in [6, 6.07) is 12.2. The van der Waals surface area contributed by atoms with Crippen LogP contribution in [0.25, 0.3) is 0 Å². The number of carbonyl (C=O) groups excluding carboxylic acids is 1. The zero-order valence-electron chi connectivity index (χ0n) is 12.1. The number of nitrogens with zero attached hydrogens (tertiary/aromatic N) is 1. The van der Waals surface area contributed by atoms with Crippen LogP contribution >= 0.6 is 11.6 Å². The lowest BCUT2D eigenvalue weighted by molar-refractivity contribution is -0.117. The Kier molecular flexibility index (Phi) is 4.28. The van der Waals surface area contributed by atoms with E-state index in [2.05, 4.69) is 0 Å². The maximum Gasteiger partial charge on any atom is 0.339 e. The molecular weight excluding hydrogens is 338 g/mol. The van der Waals surface area contributed by atoms with Gasteiger partial charge in [0.25, 0.3) is 0 Å². The van der Waals surface area contributed by atoms with Gasteiger partial charge in [-0.25, -0.2) is 0 Å². The van der Waals surface area contributed by atoms with E-state index in [1.54, 1.807) is 17.0 Å². The zero-order valence-corrected chi connectivity index (χ0v) is 13.7. The van der Waals surface area contributed by atoms with Gasteiger partial charge in [0.2, 0.25) is 5.91 Å². The standard InChI is InChI=1S/C16H14ClNO4S/c17-12-3-9-15(10-4-12)23(20,21)22-14-7-5-13(6-8-14)18-11-1-2-16(18)19/h3-10H,1-2,11H2. The van der Waals surface area contributed by atoms with E-state index in [0.29, 0.717) is 18.0 Å². The lowest BCUT2D eigenvalue weighted by Crippen LogP contribution is -2.23. The molecule has 5 nitrogen and oxygen atoms in total. The van der Waals surface area contributed by atoms with E-state index in [0.717, 1.165) is 12.1 Å². The van der Waals surface area contributed by atoms with E-state index >= 15 is 0 Å². The molecule has 2 aromatic rings. The predicted octanol–water partition coefficient (Wildman–Crippen LogP) is 3.23. The third kappa shape index (κ3) is 3.48. The summed E-state index contributed by atoms with van der Waals surface area (Å²) in [6.07, 6.45) is 1.38. The lowest BCUT2D eigenvalue weighted by Gasteiger charge is -2.16. The molecule has 0 saturated carbocycles. The molecule has 0 N–H and O–H groups in total. The van der Waals surface area contributed by atoms with Crippen LogP contribution in [0.2, 0.25) is 5.02 Å². The highest BCUT2D eigenvalue weighted by Gasteiger charge is 2.22. The highest BCUT2D eigenvalue weighted by Crippen LogP contribution is 2.26. The molecule has 1 aliphatic heterocycles. The number of hydrogen-bond donors (Lipinski definition) is 0. The van der Waals surface area contributed by atoms with Crippen molar-refractivity contribution in [1.29, 1.82) is 0 Å². The number of benzene rings is 2. The van der Waals surface area contributed by atoms with E-state index in [4.69, 9.17) is 15.8 Å². The number of anilines is 1. The highest BCUT2D eigenvalue weighted by molar-refractivity contribution is 7.87. The fourth-order valence-electron chi connectivity index (χ4n) is 2.38. The molecular formula is C16H14ClNO4S. The fraction of sp³-hybridized carbons (Fsp3) is 0.188. The van der Waals surface area contributed by atoms with Crippen molar-refractivity contribution in [2.75, 3.05) is 11.4 Å². The molecule has 0 atom stereocenters. The van der Waals surface area contributed by atoms with Gasteiger partial charge in [-0.3, -0.25) is 4.79 Å². The molecule has 0 aromatic heterocycles. The molecule has 2 aromatic carbocycles. The molecule has 1 aliphatic rings. The second-order valence-electron chi connectivity index (χ2n) is 5.13. The van der Waals surface area contributed by atoms with Crippen LogP contribution in [0.5, 0.6) is 5.75 Å². The van der Waals surface area contributed by atoms with Crippen LogP contribution in [-0.2, 0) is 14.9 Å². The van der Waals surface area contributed by atoms with Crippen molar-refractivity contribution in [3.8, 4) is 5.75 Å². The third-order valence-corrected chi connectivity index (χ3v) is 5.04. The van der Waals surface area contributed by atoms with Gasteiger partial charge >= 0.3 is 10.1 Å². The Morgan fingerprint density at radius 1 is 1.00 bits per heavy atom. The molecule has 0 aliphatic carbocycles. The molecule has 0 bridgehead atoms. The number of halogens is 1. The average molecular weight is 352 g/mol. The Bertz CT molecular complexity index is 816. The zero-order chi connectivity index (χ0) is 16.4. The van der Waals surface area contributed by atoms with Crippen molar-refractivity contribution in [1.82, 2.24) is 0 Å². The summed E-state index contributed by atoms with van der Waals surface area (Å²) in [5, 5.41) is 0.448. The third-order valence-electron chi connectivity index (χ3n) is 3.53. The quantitative estimate of drug-likeness (QED) is 0.793. The molecule has 23 heavy (non-hydrogen) atoms. The van der Waals surface area contributed by atoms with Crippen LogP contribution in [0.4, 0.5) is 5.69 Å². The van der Waals surface area contributed by atoms with Gasteiger partial charge in [0.1, 0.15) is 10.6 Å². The van der Waals surface area contributed by atoms with Gasteiger partial charge in [-0.15, -0.1) is 0 Å². The SMILES string of the molecule is O=C1CCCN1c1ccc(OS(=O)(=O)c2ccc(Cl)cc2)cc1. The van der Waals surface area contributed by atoms with Crippen molar-refractivity contribution < 1.29 is 17.4 Å². The molecule has 3 rings (SSSR count). The predicted molar refractivity (Wildman–Crippen MR) is 87.3 cm³/mol. The topological polar surface area (TPSA) is 63.7 Å². The number of carbonyl (C=O) groups is 1. The van der Waals surface area contributed by atoms with Crippen LogP contribution in [-0.4, -0.2) is 20.9 Å². The summed E-state index contributed by atoms with van der Waals surface area (Å²) < 4.78 is 29.5. The Morgan fingerprint density at radius 2 is 1.65 bits per heavy atom. The normalized spacial score (nSPS) is 15.0. The van der Waals surface area contributed by atoms with Gasteiger partial charge in [-0.2, -0.15) is 8.42 Å². The molecule has 1 amide bonds. The van der Waals surface area contributed by atoms with Crippen molar-refractivity contribution >= 4 is 33.3 Å². The van der Waals surface area contributed by atoms with E-state index in [1.807, 2.05) is 0 Å². The summed E-state index contributed by atoms with van der Waals surface area (Å²) in [5.41, 5.74) is 0.740. The lowest BCUT2D eigenvalue weighted by atomic mass is 10.3. The van der Waals surface area contributed by atoms with Crippen LogP contribution in [0.15, 0.2) is 53.4 Å². The first-order chi connectivity index (χ1) is 11.0. The van der Waals surface area contributed by atoms with Crippen LogP contribution in [0.3, 0.4) is 0 Å². The average Bonchev–Trinajstić information content (AvgIpc) is 2.94. The van der Waals surface area contributed by atoms with Gasteiger partial charge in [-0.05, 0) is 55.0 Å². The fourth-order valence-corrected chi connectivity index (χ4v) is 3.43. The van der Waals surface area contributed by atoms with E-state index in [1.165, 1.54) is 36.4 Å². The van der Waals surface area contributed by atoms with Crippen molar-refractivity contribution in [2.45, 2.75) is 17.7 Å². The molecule has 7 heteroatoms. The molecule has 120 valence electrons. The Labute approximate surface area is 139 Å². The first kappa shape index (κ1) is 15.8. The maximum absolute atomic E-state index is 12.2. The van der Waals surface area contributed by atoms with E-state index in [-0.39, 0.29) is 16.6 Å². The summed E-state index contributed by atoms with van der Waals surface area (Å²) in [6.45, 7) is 0.683. The monoisotopic (exact) mass is 351 g/mol. The minimum Gasteiger partial charge on any atom is -0.379 e. The first-order valence-electron chi connectivity index (χ1n) is 7.06. The van der Waals surface area contributed by atoms with Gasteiger partial charge in [0, 0.05) is 23.7 Å². The molecule has 1 saturated heterocycles. The Balaban J connectivity index is 1.77. The van der Waals surface area contributed by atoms with Crippen LogP contribution in [0, 0.1) is 0 Å². The smallest absolute Gasteiger partial charge is 0.339 e. The van der Waals surface area contributed by atoms with Crippen LogP contribution in [0.1, 0.15) is 12.8 Å². The minimum absolute atomic E-state index is 0.0284. The summed E-state index contributed by atoms with van der Waals surface area (Å²) in [4.78, 5) is 13.4. The van der Waals surface area contributed by atoms with Crippen molar-refractivity contribution in [3.63, 3.8) is 0 Å².